The van der Waals surface area contributed by atoms with Crippen LogP contribution in [0, 0.1) is 0 Å². The molecule has 0 aromatic carbocycles. The van der Waals surface area contributed by atoms with Gasteiger partial charge in [0.15, 0.2) is 0 Å². The van der Waals surface area contributed by atoms with Crippen molar-refractivity contribution < 1.29 is 4.11 Å². The van der Waals surface area contributed by atoms with Gasteiger partial charge in [-0.15, -0.1) is 0 Å². The first kappa shape index (κ1) is 3.92. The van der Waals surface area contributed by atoms with Gasteiger partial charge < -0.3 is 0 Å². The van der Waals surface area contributed by atoms with E-state index < -0.39 is 6.40 Å². The highest BCUT2D eigenvalue weighted by Gasteiger charge is 1.83. The quantitative estimate of drug-likeness (QED) is 0.484. The normalized spacial score (nSPS) is 22.9. The van der Waals surface area contributed by atoms with Crippen molar-refractivity contribution in [1.82, 2.24) is 0 Å². The SMILES string of the molecule is [2H]CC([2H])C([2H])CCCCC. The van der Waals surface area contributed by atoms with Gasteiger partial charge in [-0.3, -0.25) is 0 Å². The Bertz CT molecular complexity index is 85.4. The summed E-state index contributed by atoms with van der Waals surface area (Å²) in [6, 6.07) is 0. The van der Waals surface area contributed by atoms with Gasteiger partial charge in [0.1, 0.15) is 0 Å². The highest BCUT2D eigenvalue weighted by atomic mass is 13.9. The van der Waals surface area contributed by atoms with Gasteiger partial charge in [-0.1, -0.05) is 52.3 Å². The third kappa shape index (κ3) is 6.00. The Morgan fingerprint density at radius 2 is 2.25 bits per heavy atom. The van der Waals surface area contributed by atoms with Crippen molar-refractivity contribution in [2.75, 3.05) is 0 Å². The van der Waals surface area contributed by atoms with Gasteiger partial charge in [-0.05, 0) is 0 Å². The summed E-state index contributed by atoms with van der Waals surface area (Å²) in [5, 5.41) is 0. The van der Waals surface area contributed by atoms with Gasteiger partial charge in [-0.25, -0.2) is 0 Å². The Morgan fingerprint density at radius 1 is 1.38 bits per heavy atom. The van der Waals surface area contributed by atoms with Crippen LogP contribution >= 0.6 is 0 Å². The van der Waals surface area contributed by atoms with Crippen molar-refractivity contribution >= 4 is 0 Å². The van der Waals surface area contributed by atoms with E-state index in [0.717, 1.165) is 25.7 Å². The predicted octanol–water partition coefficient (Wildman–Crippen LogP) is 3.37. The zero-order chi connectivity index (χ0) is 8.69. The summed E-state index contributed by atoms with van der Waals surface area (Å²) >= 11 is 0. The minimum absolute atomic E-state index is 0.0697. The lowest BCUT2D eigenvalue weighted by Gasteiger charge is -1.93. The maximum absolute atomic E-state index is 7.45. The lowest BCUT2D eigenvalue weighted by atomic mass is 10.1. The molecule has 0 nitrogen and oxygen atoms in total. The molecule has 0 aromatic heterocycles. The van der Waals surface area contributed by atoms with E-state index >= 15 is 0 Å². The molecule has 0 spiro atoms. The summed E-state index contributed by atoms with van der Waals surface area (Å²) in [5.74, 6) is 0. The molecule has 0 aliphatic rings. The molecule has 0 heterocycles. The van der Waals surface area contributed by atoms with Gasteiger partial charge in [0, 0.05) is 4.11 Å². The van der Waals surface area contributed by atoms with E-state index in [9.17, 15) is 0 Å². The second kappa shape index (κ2) is 7.00. The molecule has 0 N–H and O–H groups in total. The summed E-state index contributed by atoms with van der Waals surface area (Å²) in [4.78, 5) is 0. The lowest BCUT2D eigenvalue weighted by Crippen LogP contribution is -1.73. The number of rotatable bonds is 5. The van der Waals surface area contributed by atoms with Gasteiger partial charge in [0.25, 0.3) is 0 Å². The highest BCUT2D eigenvalue weighted by Crippen LogP contribution is 2.03. The second-order valence-electron chi connectivity index (χ2n) is 1.97. The first-order valence-electron chi connectivity index (χ1n) is 5.22. The molecule has 2 unspecified atom stereocenters. The zero-order valence-electron chi connectivity index (χ0n) is 8.69. The van der Waals surface area contributed by atoms with Gasteiger partial charge in [0.2, 0.25) is 0 Å². The third-order valence-corrected chi connectivity index (χ3v) is 1.14. The average Bonchev–Trinajstić information content (AvgIpc) is 2.03. The number of hydrogen-bond donors (Lipinski definition) is 0. The van der Waals surface area contributed by atoms with Crippen LogP contribution in [0.25, 0.3) is 0 Å². The molecule has 0 saturated heterocycles. The van der Waals surface area contributed by atoms with Crippen molar-refractivity contribution in [3.8, 4) is 0 Å². The van der Waals surface area contributed by atoms with Crippen LogP contribution in [0.3, 0.4) is 0 Å². The maximum atomic E-state index is 7.45. The van der Waals surface area contributed by atoms with Crippen LogP contribution in [0.5, 0.6) is 0 Å². The van der Waals surface area contributed by atoms with Crippen LogP contribution in [0.15, 0.2) is 0 Å². The molecule has 50 valence electrons. The minimum Gasteiger partial charge on any atom is -0.0654 e. The summed E-state index contributed by atoms with van der Waals surface area (Å²) < 4.78 is 21.6. The Labute approximate surface area is 57.5 Å². The van der Waals surface area contributed by atoms with Crippen LogP contribution in [0.2, 0.25) is 0 Å². The highest BCUT2D eigenvalue weighted by molar-refractivity contribution is 4.39. The van der Waals surface area contributed by atoms with Crippen LogP contribution in [0.4, 0.5) is 0 Å². The van der Waals surface area contributed by atoms with Gasteiger partial charge in [0.05, 0.1) is 0 Å². The monoisotopic (exact) mass is 117 g/mol. The van der Waals surface area contributed by atoms with Crippen molar-refractivity contribution in [2.45, 2.75) is 52.3 Å². The first-order chi connectivity index (χ1) is 5.22. The van der Waals surface area contributed by atoms with Crippen molar-refractivity contribution in [2.24, 2.45) is 0 Å². The largest absolute Gasteiger partial charge is 0.0654 e. The third-order valence-electron chi connectivity index (χ3n) is 1.14. The molecule has 0 aliphatic carbocycles. The molecule has 8 heavy (non-hydrogen) atoms. The number of hydrogen-bond acceptors (Lipinski definition) is 0. The lowest BCUT2D eigenvalue weighted by molar-refractivity contribution is 0.624. The van der Waals surface area contributed by atoms with Crippen LogP contribution in [-0.4, -0.2) is 0 Å². The Balaban J connectivity index is 3.28. The molecule has 0 radical (unpaired) electrons. The van der Waals surface area contributed by atoms with Crippen LogP contribution in [-0.2, 0) is 0 Å². The number of unbranched alkanes of at least 4 members (excludes halogenated alkanes) is 2. The first-order valence-corrected chi connectivity index (χ1v) is 3.36. The van der Waals surface area contributed by atoms with E-state index in [1.807, 2.05) is 0 Å². The van der Waals surface area contributed by atoms with Crippen molar-refractivity contribution in [1.29, 1.82) is 0 Å². The molecular formula is C8H18. The van der Waals surface area contributed by atoms with Crippen LogP contribution in [0.1, 0.15) is 56.4 Å². The van der Waals surface area contributed by atoms with E-state index in [4.69, 9.17) is 4.11 Å². The molecule has 0 aliphatic heterocycles. The van der Waals surface area contributed by atoms with Gasteiger partial charge >= 0.3 is 0 Å². The summed E-state index contributed by atoms with van der Waals surface area (Å²) in [5.41, 5.74) is 0. The average molecular weight is 117 g/mol. The Morgan fingerprint density at radius 3 is 2.88 bits per heavy atom. The summed E-state index contributed by atoms with van der Waals surface area (Å²) in [6.07, 6.45) is 3.32. The topological polar surface area (TPSA) is 0 Å². The second-order valence-corrected chi connectivity index (χ2v) is 1.97. The standard InChI is InChI=1S/C8H18/c1-3-5-7-8-6-4-2/h3-8H2,1-2H3/i1D,3D,5D. The minimum atomic E-state index is -0.494. The fraction of sp³-hybridized carbons (Fsp3) is 1.00. The van der Waals surface area contributed by atoms with E-state index in [0.29, 0.717) is 0 Å². The molecule has 0 heteroatoms. The van der Waals surface area contributed by atoms with Crippen molar-refractivity contribution in [3.05, 3.63) is 0 Å². The molecule has 2 atom stereocenters. The van der Waals surface area contributed by atoms with Crippen LogP contribution < -0.4 is 0 Å². The predicted molar refractivity (Wildman–Crippen MR) is 39.1 cm³/mol. The zero-order valence-corrected chi connectivity index (χ0v) is 5.69. The Kier molecular flexibility index (Phi) is 3.43. The molecule has 0 rings (SSSR count). The van der Waals surface area contributed by atoms with E-state index in [1.165, 1.54) is 0 Å². The smallest absolute Gasteiger partial charge is 0.0266 e. The summed E-state index contributed by atoms with van der Waals surface area (Å²) in [7, 11) is 0. The fourth-order valence-electron chi connectivity index (χ4n) is 0.630. The molecule has 0 fully saturated rings. The summed E-state index contributed by atoms with van der Waals surface area (Å²) in [6.45, 7) is 2.20. The molecule has 0 bridgehead atoms. The van der Waals surface area contributed by atoms with E-state index in [1.54, 1.807) is 0 Å². The molecule has 0 saturated carbocycles. The van der Waals surface area contributed by atoms with Gasteiger partial charge in [-0.2, -0.15) is 0 Å². The molecular weight excluding hydrogens is 96.1 g/mol. The molecule has 0 aromatic rings. The van der Waals surface area contributed by atoms with Crippen molar-refractivity contribution in [3.63, 3.8) is 0 Å². The van der Waals surface area contributed by atoms with E-state index in [-0.39, 0.29) is 13.3 Å². The fourth-order valence-corrected chi connectivity index (χ4v) is 0.630. The van der Waals surface area contributed by atoms with E-state index in [2.05, 4.69) is 6.92 Å². The molecule has 0 amide bonds. The Hall–Kier alpha value is 0. The maximum Gasteiger partial charge on any atom is 0.0266 e.